The highest BCUT2D eigenvalue weighted by molar-refractivity contribution is 5.87. The summed E-state index contributed by atoms with van der Waals surface area (Å²) in [6, 6.07) is 6.83. The van der Waals surface area contributed by atoms with Gasteiger partial charge < -0.3 is 15.0 Å². The van der Waals surface area contributed by atoms with E-state index in [-0.39, 0.29) is 0 Å². The Hall–Kier alpha value is -1.48. The number of aromatic nitrogens is 1. The second-order valence-corrected chi connectivity index (χ2v) is 6.81. The van der Waals surface area contributed by atoms with Crippen molar-refractivity contribution in [1.29, 1.82) is 0 Å². The van der Waals surface area contributed by atoms with E-state index in [2.05, 4.69) is 49.3 Å². The molecule has 0 aliphatic heterocycles. The van der Waals surface area contributed by atoms with E-state index in [9.17, 15) is 0 Å². The standard InChI is InChI=1S/C18H26N2O/c1-5-19-15-10-18(3,4)11-16-17(15)13-9-12(21-6-2)7-8-14(13)20-16/h7-9,15,19-20H,5-6,10-11H2,1-4H3. The quantitative estimate of drug-likeness (QED) is 0.884. The van der Waals surface area contributed by atoms with Gasteiger partial charge in [0, 0.05) is 22.6 Å². The number of H-pyrrole nitrogens is 1. The highest BCUT2D eigenvalue weighted by Crippen LogP contribution is 2.44. The molecule has 1 aromatic heterocycles. The maximum atomic E-state index is 5.68. The number of aromatic amines is 1. The summed E-state index contributed by atoms with van der Waals surface area (Å²) in [5.41, 5.74) is 4.40. The Morgan fingerprint density at radius 2 is 2.14 bits per heavy atom. The van der Waals surface area contributed by atoms with Gasteiger partial charge in [-0.15, -0.1) is 0 Å². The molecular weight excluding hydrogens is 260 g/mol. The first-order valence-corrected chi connectivity index (χ1v) is 8.04. The number of benzene rings is 1. The summed E-state index contributed by atoms with van der Waals surface area (Å²) < 4.78 is 5.68. The molecule has 1 aromatic carbocycles. The van der Waals surface area contributed by atoms with Crippen molar-refractivity contribution < 1.29 is 4.74 Å². The van der Waals surface area contributed by atoms with Crippen LogP contribution in [0.4, 0.5) is 0 Å². The molecule has 3 nitrogen and oxygen atoms in total. The van der Waals surface area contributed by atoms with Crippen LogP contribution in [0.3, 0.4) is 0 Å². The van der Waals surface area contributed by atoms with Gasteiger partial charge in [-0.05, 0) is 55.5 Å². The molecule has 0 amide bonds. The van der Waals surface area contributed by atoms with Crippen molar-refractivity contribution in [3.8, 4) is 5.75 Å². The van der Waals surface area contributed by atoms with Crippen LogP contribution in [0.5, 0.6) is 5.75 Å². The molecule has 1 unspecified atom stereocenters. The summed E-state index contributed by atoms with van der Waals surface area (Å²) in [7, 11) is 0. The van der Waals surface area contributed by atoms with Crippen LogP contribution in [0.15, 0.2) is 18.2 Å². The fraction of sp³-hybridized carbons (Fsp3) is 0.556. The Balaban J connectivity index is 2.12. The first-order valence-electron chi connectivity index (χ1n) is 8.04. The van der Waals surface area contributed by atoms with Crippen LogP contribution < -0.4 is 10.1 Å². The molecule has 1 aliphatic rings. The van der Waals surface area contributed by atoms with Crippen molar-refractivity contribution in [3.63, 3.8) is 0 Å². The number of nitrogens with one attached hydrogen (secondary N) is 2. The Kier molecular flexibility index (Phi) is 3.70. The van der Waals surface area contributed by atoms with Crippen LogP contribution in [0, 0.1) is 5.41 Å². The Morgan fingerprint density at radius 3 is 2.86 bits per heavy atom. The van der Waals surface area contributed by atoms with Gasteiger partial charge in [-0.1, -0.05) is 20.8 Å². The number of ether oxygens (including phenoxy) is 1. The summed E-state index contributed by atoms with van der Waals surface area (Å²) in [5.74, 6) is 0.965. The van der Waals surface area contributed by atoms with Crippen LogP contribution in [-0.4, -0.2) is 18.1 Å². The molecule has 0 fully saturated rings. The second-order valence-electron chi connectivity index (χ2n) is 6.81. The van der Waals surface area contributed by atoms with Gasteiger partial charge in [-0.3, -0.25) is 0 Å². The molecule has 2 N–H and O–H groups in total. The average Bonchev–Trinajstić information content (AvgIpc) is 2.75. The molecule has 0 bridgehead atoms. The molecule has 3 rings (SSSR count). The van der Waals surface area contributed by atoms with Gasteiger partial charge in [-0.2, -0.15) is 0 Å². The summed E-state index contributed by atoms with van der Waals surface area (Å²) in [6.45, 7) is 10.6. The monoisotopic (exact) mass is 286 g/mol. The van der Waals surface area contributed by atoms with E-state index in [0.717, 1.165) is 18.7 Å². The molecule has 0 radical (unpaired) electrons. The molecule has 0 saturated heterocycles. The lowest BCUT2D eigenvalue weighted by atomic mass is 9.74. The summed E-state index contributed by atoms with van der Waals surface area (Å²) in [4.78, 5) is 3.63. The van der Waals surface area contributed by atoms with Gasteiger partial charge in [-0.25, -0.2) is 0 Å². The maximum Gasteiger partial charge on any atom is 0.120 e. The zero-order valence-corrected chi connectivity index (χ0v) is 13.5. The second kappa shape index (κ2) is 5.38. The van der Waals surface area contributed by atoms with Crippen molar-refractivity contribution in [3.05, 3.63) is 29.5 Å². The fourth-order valence-electron chi connectivity index (χ4n) is 3.67. The van der Waals surface area contributed by atoms with E-state index < -0.39 is 0 Å². The smallest absolute Gasteiger partial charge is 0.120 e. The zero-order chi connectivity index (χ0) is 15.0. The van der Waals surface area contributed by atoms with Crippen molar-refractivity contribution in [1.82, 2.24) is 10.3 Å². The van der Waals surface area contributed by atoms with Gasteiger partial charge >= 0.3 is 0 Å². The topological polar surface area (TPSA) is 37.0 Å². The normalized spacial score (nSPS) is 20.5. The van der Waals surface area contributed by atoms with E-state index in [1.807, 2.05) is 6.92 Å². The lowest BCUT2D eigenvalue weighted by Crippen LogP contribution is -2.33. The van der Waals surface area contributed by atoms with Crippen molar-refractivity contribution in [2.45, 2.75) is 46.6 Å². The predicted molar refractivity (Wildman–Crippen MR) is 88.0 cm³/mol. The lowest BCUT2D eigenvalue weighted by Gasteiger charge is -2.36. The molecule has 1 heterocycles. The lowest BCUT2D eigenvalue weighted by molar-refractivity contribution is 0.259. The molecule has 0 spiro atoms. The fourth-order valence-corrected chi connectivity index (χ4v) is 3.67. The molecule has 0 saturated carbocycles. The molecule has 21 heavy (non-hydrogen) atoms. The van der Waals surface area contributed by atoms with Gasteiger partial charge in [0.25, 0.3) is 0 Å². The average molecular weight is 286 g/mol. The van der Waals surface area contributed by atoms with E-state index >= 15 is 0 Å². The van der Waals surface area contributed by atoms with Gasteiger partial charge in [0.15, 0.2) is 0 Å². The van der Waals surface area contributed by atoms with Crippen LogP contribution in [0.1, 0.15) is 51.4 Å². The first-order chi connectivity index (χ1) is 10.0. The van der Waals surface area contributed by atoms with Gasteiger partial charge in [0.2, 0.25) is 0 Å². The molecule has 114 valence electrons. The molecule has 1 aliphatic carbocycles. The molecule has 2 aromatic rings. The third kappa shape index (κ3) is 2.67. The summed E-state index contributed by atoms with van der Waals surface area (Å²) in [6.07, 6.45) is 2.29. The number of rotatable bonds is 4. The largest absolute Gasteiger partial charge is 0.494 e. The van der Waals surface area contributed by atoms with E-state index in [4.69, 9.17) is 4.74 Å². The molecular formula is C18H26N2O. The SMILES string of the molecule is CCNC1CC(C)(C)Cc2[nH]c3ccc(OCC)cc3c21. The minimum absolute atomic E-state index is 0.337. The van der Waals surface area contributed by atoms with Crippen molar-refractivity contribution in [2.24, 2.45) is 5.41 Å². The van der Waals surface area contributed by atoms with Gasteiger partial charge in [0.1, 0.15) is 5.75 Å². The molecule has 1 atom stereocenters. The van der Waals surface area contributed by atoms with Gasteiger partial charge in [0.05, 0.1) is 6.61 Å². The number of fused-ring (bicyclic) bond motifs is 3. The Labute approximate surface area is 127 Å². The third-order valence-corrected chi connectivity index (χ3v) is 4.41. The predicted octanol–water partition coefficient (Wildman–Crippen LogP) is 4.19. The molecule has 3 heteroatoms. The first kappa shape index (κ1) is 14.5. The van der Waals surface area contributed by atoms with E-state index in [1.54, 1.807) is 0 Å². The Bertz CT molecular complexity index is 642. The highest BCUT2D eigenvalue weighted by atomic mass is 16.5. The van der Waals surface area contributed by atoms with Crippen molar-refractivity contribution >= 4 is 10.9 Å². The maximum absolute atomic E-state index is 5.68. The zero-order valence-electron chi connectivity index (χ0n) is 13.5. The van der Waals surface area contributed by atoms with Crippen LogP contribution in [0.25, 0.3) is 10.9 Å². The third-order valence-electron chi connectivity index (χ3n) is 4.41. The number of hydrogen-bond donors (Lipinski definition) is 2. The van der Waals surface area contributed by atoms with E-state index in [0.29, 0.717) is 18.1 Å². The highest BCUT2D eigenvalue weighted by Gasteiger charge is 2.34. The van der Waals surface area contributed by atoms with Crippen LogP contribution in [-0.2, 0) is 6.42 Å². The minimum Gasteiger partial charge on any atom is -0.494 e. The minimum atomic E-state index is 0.337. The number of hydrogen-bond acceptors (Lipinski definition) is 2. The van der Waals surface area contributed by atoms with Crippen LogP contribution in [0.2, 0.25) is 0 Å². The van der Waals surface area contributed by atoms with Crippen LogP contribution >= 0.6 is 0 Å². The summed E-state index contributed by atoms with van der Waals surface area (Å²) >= 11 is 0. The van der Waals surface area contributed by atoms with Crippen molar-refractivity contribution in [2.75, 3.05) is 13.2 Å². The summed E-state index contributed by atoms with van der Waals surface area (Å²) in [5, 5.41) is 4.98. The van der Waals surface area contributed by atoms with E-state index in [1.165, 1.54) is 28.6 Å². The Morgan fingerprint density at radius 1 is 1.33 bits per heavy atom.